The molecule has 1 heterocycles. The molecule has 4 N–H and O–H groups in total. The Morgan fingerprint density at radius 3 is 2.62 bits per heavy atom. The van der Waals surface area contributed by atoms with Crippen LogP contribution >= 0.6 is 39.0 Å². The zero-order chi connectivity index (χ0) is 18.1. The van der Waals surface area contributed by atoms with E-state index in [2.05, 4.69) is 21.2 Å². The Kier molecular flexibility index (Phi) is 5.69. The first-order valence-corrected chi connectivity index (χ1v) is 9.11. The molecule has 1 aromatic heterocycles. The summed E-state index contributed by atoms with van der Waals surface area (Å²) in [6.07, 6.45) is 0. The fraction of sp³-hybridized carbons (Fsp3) is 0.200. The van der Waals surface area contributed by atoms with Gasteiger partial charge >= 0.3 is 0 Å². The van der Waals surface area contributed by atoms with E-state index < -0.39 is 17.4 Å². The molecule has 0 saturated carbocycles. The van der Waals surface area contributed by atoms with Gasteiger partial charge in [-0.15, -0.1) is 11.3 Å². The minimum Gasteiger partial charge on any atom is -0.381 e. The SMILES string of the molecule is CC(C)(O)C(=O)Nc1sc(Sc2cc(F)ccc2Br)cc1C(N)=O. The van der Waals surface area contributed by atoms with Crippen molar-refractivity contribution >= 4 is 55.8 Å². The van der Waals surface area contributed by atoms with Gasteiger partial charge in [-0.1, -0.05) is 11.8 Å². The predicted octanol–water partition coefficient (Wildman–Crippen LogP) is 3.61. The molecule has 0 bridgehead atoms. The van der Waals surface area contributed by atoms with Gasteiger partial charge in [0.05, 0.1) is 9.77 Å². The summed E-state index contributed by atoms with van der Waals surface area (Å²) in [5.41, 5.74) is 3.87. The Labute approximate surface area is 154 Å². The Balaban J connectivity index is 2.33. The average molecular weight is 433 g/mol. The lowest BCUT2D eigenvalue weighted by molar-refractivity contribution is -0.130. The molecule has 0 saturated heterocycles. The fourth-order valence-corrected chi connectivity index (χ4v) is 4.31. The number of halogens is 2. The molecule has 0 radical (unpaired) electrons. The van der Waals surface area contributed by atoms with Crippen molar-refractivity contribution in [3.63, 3.8) is 0 Å². The number of thiophene rings is 1. The first-order chi connectivity index (χ1) is 11.1. The van der Waals surface area contributed by atoms with Crippen molar-refractivity contribution in [2.45, 2.75) is 28.6 Å². The first kappa shape index (κ1) is 18.9. The molecular weight excluding hydrogens is 419 g/mol. The monoisotopic (exact) mass is 432 g/mol. The lowest BCUT2D eigenvalue weighted by Gasteiger charge is -2.16. The molecule has 0 aliphatic heterocycles. The Hall–Kier alpha value is -1.42. The highest BCUT2D eigenvalue weighted by molar-refractivity contribution is 9.10. The molecule has 2 aromatic rings. The number of primary amides is 1. The van der Waals surface area contributed by atoms with Gasteiger partial charge in [0, 0.05) is 9.37 Å². The number of aliphatic hydroxyl groups is 1. The highest BCUT2D eigenvalue weighted by atomic mass is 79.9. The summed E-state index contributed by atoms with van der Waals surface area (Å²) in [6, 6.07) is 5.78. The van der Waals surface area contributed by atoms with Crippen LogP contribution in [0, 0.1) is 5.82 Å². The number of carbonyl (C=O) groups is 2. The van der Waals surface area contributed by atoms with Crippen molar-refractivity contribution in [3.05, 3.63) is 40.1 Å². The van der Waals surface area contributed by atoms with Crippen LogP contribution in [0.2, 0.25) is 0 Å². The summed E-state index contributed by atoms with van der Waals surface area (Å²) in [7, 11) is 0. The summed E-state index contributed by atoms with van der Waals surface area (Å²) < 4.78 is 14.7. The van der Waals surface area contributed by atoms with E-state index >= 15 is 0 Å². The van der Waals surface area contributed by atoms with Gasteiger partial charge in [0.2, 0.25) is 0 Å². The third-order valence-electron chi connectivity index (χ3n) is 2.86. The van der Waals surface area contributed by atoms with Gasteiger partial charge in [-0.3, -0.25) is 9.59 Å². The zero-order valence-electron chi connectivity index (χ0n) is 12.7. The first-order valence-electron chi connectivity index (χ1n) is 6.68. The largest absolute Gasteiger partial charge is 0.381 e. The number of nitrogens with two attached hydrogens (primary N) is 1. The molecule has 2 amide bonds. The van der Waals surface area contributed by atoms with Crippen molar-refractivity contribution in [2.75, 3.05) is 5.32 Å². The van der Waals surface area contributed by atoms with Gasteiger partial charge in [0.25, 0.3) is 11.8 Å². The van der Waals surface area contributed by atoms with Crippen molar-refractivity contribution in [2.24, 2.45) is 5.73 Å². The number of carbonyl (C=O) groups excluding carboxylic acids is 2. The van der Waals surface area contributed by atoms with Crippen LogP contribution in [0.25, 0.3) is 0 Å². The standard InChI is InChI=1S/C15H14BrFN2O3S2/c1-15(2,22)14(21)19-13-8(12(18)20)6-11(24-13)23-10-5-7(17)3-4-9(10)16/h3-6,22H,1-2H3,(H2,18,20)(H,19,21). The summed E-state index contributed by atoms with van der Waals surface area (Å²) in [5, 5.41) is 12.4. The molecule has 24 heavy (non-hydrogen) atoms. The van der Waals surface area contributed by atoms with Crippen LogP contribution in [-0.4, -0.2) is 22.5 Å². The van der Waals surface area contributed by atoms with E-state index in [0.29, 0.717) is 13.6 Å². The Bertz CT molecular complexity index is 803. The smallest absolute Gasteiger partial charge is 0.256 e. The van der Waals surface area contributed by atoms with Gasteiger partial charge in [-0.2, -0.15) is 0 Å². The molecule has 5 nitrogen and oxygen atoms in total. The highest BCUT2D eigenvalue weighted by Crippen LogP contribution is 2.41. The zero-order valence-corrected chi connectivity index (χ0v) is 15.9. The van der Waals surface area contributed by atoms with Crippen molar-refractivity contribution in [1.29, 1.82) is 0 Å². The van der Waals surface area contributed by atoms with Crippen LogP contribution in [0.5, 0.6) is 0 Å². The molecule has 1 aromatic carbocycles. The van der Waals surface area contributed by atoms with Crippen molar-refractivity contribution in [1.82, 2.24) is 0 Å². The number of nitrogens with one attached hydrogen (secondary N) is 1. The van der Waals surface area contributed by atoms with E-state index in [4.69, 9.17) is 5.73 Å². The number of hydrogen-bond acceptors (Lipinski definition) is 5. The Morgan fingerprint density at radius 2 is 2.04 bits per heavy atom. The van der Waals surface area contributed by atoms with Crippen LogP contribution in [0.4, 0.5) is 9.39 Å². The Morgan fingerprint density at radius 1 is 1.38 bits per heavy atom. The molecule has 128 valence electrons. The summed E-state index contributed by atoms with van der Waals surface area (Å²) in [6.45, 7) is 2.67. The predicted molar refractivity (Wildman–Crippen MR) is 96.0 cm³/mol. The molecule has 9 heteroatoms. The van der Waals surface area contributed by atoms with Crippen LogP contribution in [-0.2, 0) is 4.79 Å². The van der Waals surface area contributed by atoms with Gasteiger partial charge in [0.15, 0.2) is 0 Å². The molecule has 0 spiro atoms. The lowest BCUT2D eigenvalue weighted by Crippen LogP contribution is -2.36. The van der Waals surface area contributed by atoms with E-state index in [1.807, 2.05) is 0 Å². The third-order valence-corrected chi connectivity index (χ3v) is 6.04. The maximum Gasteiger partial charge on any atom is 0.256 e. The topological polar surface area (TPSA) is 92.4 Å². The van der Waals surface area contributed by atoms with E-state index in [-0.39, 0.29) is 16.4 Å². The quantitative estimate of drug-likeness (QED) is 0.672. The van der Waals surface area contributed by atoms with E-state index in [9.17, 15) is 19.1 Å². The lowest BCUT2D eigenvalue weighted by atomic mass is 10.1. The normalized spacial score (nSPS) is 11.4. The third kappa shape index (κ3) is 4.56. The fourth-order valence-electron chi connectivity index (χ4n) is 1.61. The van der Waals surface area contributed by atoms with Crippen LogP contribution < -0.4 is 11.1 Å². The van der Waals surface area contributed by atoms with Crippen LogP contribution in [0.15, 0.2) is 37.8 Å². The van der Waals surface area contributed by atoms with E-state index in [1.165, 1.54) is 43.8 Å². The van der Waals surface area contributed by atoms with Gasteiger partial charge in [-0.25, -0.2) is 4.39 Å². The van der Waals surface area contributed by atoms with Gasteiger partial charge in [0.1, 0.15) is 16.4 Å². The molecule has 0 aliphatic carbocycles. The second kappa shape index (κ2) is 7.22. The summed E-state index contributed by atoms with van der Waals surface area (Å²) >= 11 is 5.67. The number of benzene rings is 1. The highest BCUT2D eigenvalue weighted by Gasteiger charge is 2.26. The molecule has 0 fully saturated rings. The van der Waals surface area contributed by atoms with Gasteiger partial charge in [-0.05, 0) is 54.0 Å². The maximum absolute atomic E-state index is 13.4. The van der Waals surface area contributed by atoms with Gasteiger partial charge < -0.3 is 16.2 Å². The summed E-state index contributed by atoms with van der Waals surface area (Å²) in [4.78, 5) is 24.1. The van der Waals surface area contributed by atoms with Crippen LogP contribution in [0.3, 0.4) is 0 Å². The number of amides is 2. The number of rotatable bonds is 5. The van der Waals surface area contributed by atoms with E-state index in [1.54, 1.807) is 6.07 Å². The van der Waals surface area contributed by atoms with E-state index in [0.717, 1.165) is 11.3 Å². The molecule has 0 unspecified atom stereocenters. The maximum atomic E-state index is 13.4. The second-order valence-electron chi connectivity index (χ2n) is 5.36. The minimum absolute atomic E-state index is 0.132. The number of hydrogen-bond donors (Lipinski definition) is 3. The van der Waals surface area contributed by atoms with Crippen molar-refractivity contribution in [3.8, 4) is 0 Å². The second-order valence-corrected chi connectivity index (χ2v) is 8.61. The van der Waals surface area contributed by atoms with Crippen molar-refractivity contribution < 1.29 is 19.1 Å². The minimum atomic E-state index is -1.60. The average Bonchev–Trinajstić information content (AvgIpc) is 2.84. The molecule has 2 rings (SSSR count). The number of anilines is 1. The molecule has 0 atom stereocenters. The molecule has 0 aliphatic rings. The molecular formula is C15H14BrFN2O3S2. The summed E-state index contributed by atoms with van der Waals surface area (Å²) in [5.74, 6) is -1.75. The van der Waals surface area contributed by atoms with Crippen LogP contribution in [0.1, 0.15) is 24.2 Å².